The van der Waals surface area contributed by atoms with Gasteiger partial charge in [0.2, 0.25) is 17.2 Å². The Kier molecular flexibility index (Phi) is 11.4. The van der Waals surface area contributed by atoms with Crippen molar-refractivity contribution in [2.24, 2.45) is 10.2 Å². The van der Waals surface area contributed by atoms with Crippen LogP contribution in [-0.4, -0.2) is 77.8 Å². The van der Waals surface area contributed by atoms with Gasteiger partial charge in [0.25, 0.3) is 46.4 Å². The minimum atomic E-state index is -5.38. The number of carbonyl (C=O) groups is 1. The number of phenolic OH excluding ortho intramolecular Hbond substituents is 1. The average molecular weight is 907 g/mol. The molecule has 1 aromatic heterocycles. The van der Waals surface area contributed by atoms with Gasteiger partial charge in [0.15, 0.2) is 5.75 Å². The summed E-state index contributed by atoms with van der Waals surface area (Å²) in [5.41, 5.74) is -2.04. The number of rotatable bonds is 12. The molecule has 0 aliphatic carbocycles. The summed E-state index contributed by atoms with van der Waals surface area (Å²) in [6, 6.07) is 17.1. The number of nitrogens with zero attached hydrogens (tertiary/aromatic N) is 5. The highest BCUT2D eigenvalue weighted by molar-refractivity contribution is 7.86. The first-order chi connectivity index (χ1) is 27.5. The highest BCUT2D eigenvalue weighted by Gasteiger charge is 2.27. The van der Waals surface area contributed by atoms with E-state index in [0.29, 0.717) is 6.07 Å². The molecule has 0 spiro atoms. The molecule has 6 aromatic rings. The molecule has 0 saturated carbocycles. The minimum Gasteiger partial charge on any atom is -0.505 e. The summed E-state index contributed by atoms with van der Waals surface area (Å²) in [5, 5.41) is 25.3. The van der Waals surface area contributed by atoms with E-state index in [2.05, 4.69) is 41.1 Å². The predicted molar refractivity (Wildman–Crippen MR) is 208 cm³/mol. The molecule has 59 heavy (non-hydrogen) atoms. The lowest BCUT2D eigenvalue weighted by Crippen LogP contribution is -2.13. The van der Waals surface area contributed by atoms with Crippen molar-refractivity contribution in [2.75, 3.05) is 16.0 Å². The van der Waals surface area contributed by atoms with Crippen molar-refractivity contribution in [1.82, 2.24) is 15.0 Å². The van der Waals surface area contributed by atoms with Crippen molar-refractivity contribution in [3.8, 4) is 5.75 Å². The molecule has 0 atom stereocenters. The smallest absolute Gasteiger partial charge is 0.296 e. The Morgan fingerprint density at radius 3 is 1.76 bits per heavy atom. The van der Waals surface area contributed by atoms with Crippen LogP contribution in [0.3, 0.4) is 0 Å². The predicted octanol–water partition coefficient (Wildman–Crippen LogP) is 5.53. The van der Waals surface area contributed by atoms with Crippen molar-refractivity contribution in [3.05, 3.63) is 102 Å². The molecule has 306 valence electrons. The molecular weight excluding hydrogens is 884 g/mol. The maximum atomic E-state index is 13.1. The molecule has 27 heteroatoms. The Balaban J connectivity index is 1.43. The third-order valence-electron chi connectivity index (χ3n) is 7.75. The summed E-state index contributed by atoms with van der Waals surface area (Å²) in [6.07, 6.45) is 0. The van der Waals surface area contributed by atoms with E-state index in [9.17, 15) is 61.8 Å². The van der Waals surface area contributed by atoms with Gasteiger partial charge < -0.3 is 21.1 Å². The summed E-state index contributed by atoms with van der Waals surface area (Å²) in [5.74, 6) is -2.45. The Labute approximate surface area is 337 Å². The lowest BCUT2D eigenvalue weighted by molar-refractivity contribution is 0.102. The topological polar surface area (TPSA) is 354 Å². The second kappa shape index (κ2) is 15.8. The summed E-state index contributed by atoms with van der Waals surface area (Å²) in [6.45, 7) is 0. The van der Waals surface area contributed by atoms with E-state index in [-0.39, 0.29) is 34.1 Å². The fraction of sp³-hybridized carbons (Fsp3) is 0. The zero-order valence-electron chi connectivity index (χ0n) is 28.8. The lowest BCUT2D eigenvalue weighted by atomic mass is 10.1. The van der Waals surface area contributed by atoms with Gasteiger partial charge in [-0.15, -0.1) is 10.2 Å². The largest absolute Gasteiger partial charge is 0.505 e. The highest BCUT2D eigenvalue weighted by atomic mass is 35.5. The summed E-state index contributed by atoms with van der Waals surface area (Å²) in [4.78, 5) is 21.7. The maximum absolute atomic E-state index is 13.1. The van der Waals surface area contributed by atoms with Gasteiger partial charge >= 0.3 is 0 Å². The molecule has 1 amide bonds. The molecule has 0 bridgehead atoms. The molecule has 0 aliphatic heterocycles. The number of fused-ring (bicyclic) bond motifs is 1. The van der Waals surface area contributed by atoms with Crippen LogP contribution in [0, 0.1) is 0 Å². The Bertz CT molecular complexity index is 3180. The van der Waals surface area contributed by atoms with E-state index in [0.717, 1.165) is 42.5 Å². The van der Waals surface area contributed by atoms with Gasteiger partial charge in [0.1, 0.15) is 21.2 Å². The average Bonchev–Trinajstić information content (AvgIpc) is 3.13. The number of hydrogen-bond acceptors (Lipinski definition) is 17. The number of benzene rings is 5. The number of aromatic hydroxyl groups is 1. The van der Waals surface area contributed by atoms with Crippen LogP contribution in [0.25, 0.3) is 10.8 Å². The number of nitrogens with one attached hydrogen (secondary N) is 3. The van der Waals surface area contributed by atoms with E-state index < -0.39 is 99.5 Å². The fourth-order valence-corrected chi connectivity index (χ4v) is 7.65. The summed E-state index contributed by atoms with van der Waals surface area (Å²) in [7, 11) is -20.0. The maximum Gasteiger partial charge on any atom is 0.296 e. The van der Waals surface area contributed by atoms with Crippen LogP contribution in [0.2, 0.25) is 5.28 Å². The molecule has 5 aromatic carbocycles. The van der Waals surface area contributed by atoms with Gasteiger partial charge in [-0.25, -0.2) is 0 Å². The quantitative estimate of drug-likeness (QED) is 0.0553. The number of hydrogen-bond donors (Lipinski definition) is 8. The molecule has 1 heterocycles. The fourth-order valence-electron chi connectivity index (χ4n) is 5.21. The minimum absolute atomic E-state index is 0.0538. The first-order valence-corrected chi connectivity index (χ1v) is 21.8. The van der Waals surface area contributed by atoms with Crippen LogP contribution >= 0.6 is 11.6 Å². The normalized spacial score (nSPS) is 12.4. The lowest BCUT2D eigenvalue weighted by Gasteiger charge is -2.15. The third kappa shape index (κ3) is 9.91. The van der Waals surface area contributed by atoms with E-state index >= 15 is 0 Å². The van der Waals surface area contributed by atoms with Gasteiger partial charge in [0, 0.05) is 22.3 Å². The second-order valence-corrected chi connectivity index (χ2v) is 17.7. The standard InChI is InChI=1S/C32H23ClN8O14S4/c33-30-37-31(34-18-6-9-20(10-7-18)56(44,45)46)39-32(38-30)35-19-8-11-24(58(50,51)52)22(14-19)40-41-27-25(59(53,54)55)13-17-12-21(57(47,48)49)15-23(26(17)28(27)42)36-29(43)16-4-2-1-3-5-16/h1-15,42H,(H,36,43)(H,44,45,46)(H,47,48,49)(H,50,51,52)(H,53,54,55)(H2,34,35,37,38,39)/b41-40+. The van der Waals surface area contributed by atoms with Gasteiger partial charge in [0.05, 0.1) is 15.5 Å². The zero-order chi connectivity index (χ0) is 43.1. The number of phenols is 1. The third-order valence-corrected chi connectivity index (χ3v) is 11.4. The van der Waals surface area contributed by atoms with Gasteiger partial charge in [-0.2, -0.15) is 48.6 Å². The molecule has 0 radical (unpaired) electrons. The molecule has 0 unspecified atom stereocenters. The molecule has 0 saturated heterocycles. The Morgan fingerprint density at radius 2 is 1.19 bits per heavy atom. The van der Waals surface area contributed by atoms with Gasteiger partial charge in [-0.1, -0.05) is 18.2 Å². The van der Waals surface area contributed by atoms with Crippen LogP contribution < -0.4 is 16.0 Å². The van der Waals surface area contributed by atoms with Crippen molar-refractivity contribution in [3.63, 3.8) is 0 Å². The summed E-state index contributed by atoms with van der Waals surface area (Å²) >= 11 is 6.05. The summed E-state index contributed by atoms with van der Waals surface area (Å²) < 4.78 is 136. The number of anilines is 5. The Hall–Kier alpha value is -6.23. The number of halogens is 1. The second-order valence-electron chi connectivity index (χ2n) is 11.8. The van der Waals surface area contributed by atoms with E-state index in [1.165, 1.54) is 36.4 Å². The van der Waals surface area contributed by atoms with Gasteiger partial charge in [-0.3, -0.25) is 23.0 Å². The van der Waals surface area contributed by atoms with E-state index in [4.69, 9.17) is 11.6 Å². The van der Waals surface area contributed by atoms with E-state index in [1.807, 2.05) is 0 Å². The number of aromatic nitrogens is 3. The molecule has 0 aliphatic rings. The van der Waals surface area contributed by atoms with Crippen molar-refractivity contribution in [1.29, 1.82) is 0 Å². The highest BCUT2D eigenvalue weighted by Crippen LogP contribution is 2.46. The number of carbonyl (C=O) groups excluding carboxylic acids is 1. The van der Waals surface area contributed by atoms with Crippen molar-refractivity contribution >= 4 is 109 Å². The molecule has 22 nitrogen and oxygen atoms in total. The number of amides is 1. The first-order valence-electron chi connectivity index (χ1n) is 15.7. The van der Waals surface area contributed by atoms with Crippen LogP contribution in [0.15, 0.2) is 121 Å². The van der Waals surface area contributed by atoms with Crippen molar-refractivity contribution < 1.29 is 61.8 Å². The molecule has 6 rings (SSSR count). The number of azo groups is 1. The monoisotopic (exact) mass is 906 g/mol. The zero-order valence-corrected chi connectivity index (χ0v) is 32.8. The molecule has 0 fully saturated rings. The first kappa shape index (κ1) is 42.4. The van der Waals surface area contributed by atoms with Crippen molar-refractivity contribution in [2.45, 2.75) is 19.6 Å². The van der Waals surface area contributed by atoms with Gasteiger partial charge in [-0.05, 0) is 89.8 Å². The molecular formula is C32H23ClN8O14S4. The molecule has 8 N–H and O–H groups in total. The van der Waals surface area contributed by atoms with Crippen LogP contribution in [0.5, 0.6) is 5.75 Å². The Morgan fingerprint density at radius 1 is 0.610 bits per heavy atom. The van der Waals surface area contributed by atoms with Crippen LogP contribution in [-0.2, 0) is 40.5 Å². The SMILES string of the molecule is O=C(Nc1cc(S(=O)(=O)O)cc2cc(S(=O)(=O)O)c(/N=N/c3cc(Nc4nc(Cl)nc(Nc5ccc(S(=O)(=O)O)cc5)n4)ccc3S(=O)(=O)O)c(O)c12)c1ccccc1. The van der Waals surface area contributed by atoms with E-state index in [1.54, 1.807) is 6.07 Å². The van der Waals surface area contributed by atoms with Crippen LogP contribution in [0.1, 0.15) is 10.4 Å². The van der Waals surface area contributed by atoms with Crippen LogP contribution in [0.4, 0.5) is 40.3 Å².